The van der Waals surface area contributed by atoms with Gasteiger partial charge in [0.2, 0.25) is 0 Å². The SMILES string of the molecule is c1ccc(-c2ccc(SP(c3ccccc3)c3ccccc3)cc2)cc1. The zero-order valence-corrected chi connectivity index (χ0v) is 16.0. The van der Waals surface area contributed by atoms with Crippen LogP contribution in [0.15, 0.2) is 120 Å². The zero-order chi connectivity index (χ0) is 17.6. The van der Waals surface area contributed by atoms with E-state index in [2.05, 4.69) is 115 Å². The summed E-state index contributed by atoms with van der Waals surface area (Å²) in [6, 6.07) is 41.1. The van der Waals surface area contributed by atoms with Crippen molar-refractivity contribution in [2.75, 3.05) is 0 Å². The zero-order valence-electron chi connectivity index (χ0n) is 14.3. The molecule has 26 heavy (non-hydrogen) atoms. The average molecular weight is 370 g/mol. The largest absolute Gasteiger partial charge is 0.0888 e. The van der Waals surface area contributed by atoms with Crippen LogP contribution >= 0.6 is 18.5 Å². The Balaban J connectivity index is 1.62. The molecule has 0 atom stereocenters. The first-order valence-electron chi connectivity index (χ1n) is 8.64. The van der Waals surface area contributed by atoms with Crippen LogP contribution in [0.5, 0.6) is 0 Å². The third-order valence-electron chi connectivity index (χ3n) is 4.14. The molecule has 0 saturated carbocycles. The van der Waals surface area contributed by atoms with E-state index in [0.29, 0.717) is 0 Å². The Morgan fingerprint density at radius 3 is 1.35 bits per heavy atom. The average Bonchev–Trinajstić information content (AvgIpc) is 2.74. The molecular formula is C24H19PS. The number of rotatable bonds is 5. The fourth-order valence-electron chi connectivity index (χ4n) is 2.83. The molecule has 0 spiro atoms. The normalized spacial score (nSPS) is 10.8. The molecule has 0 nitrogen and oxygen atoms in total. The first kappa shape index (κ1) is 17.1. The molecule has 2 heteroatoms. The van der Waals surface area contributed by atoms with Crippen molar-refractivity contribution in [3.63, 3.8) is 0 Å². The molecule has 0 radical (unpaired) electrons. The molecule has 0 amide bonds. The van der Waals surface area contributed by atoms with E-state index in [1.54, 1.807) is 0 Å². The van der Waals surface area contributed by atoms with Gasteiger partial charge >= 0.3 is 0 Å². The van der Waals surface area contributed by atoms with Gasteiger partial charge in [0.1, 0.15) is 0 Å². The Hall–Kier alpha value is -2.34. The van der Waals surface area contributed by atoms with Gasteiger partial charge in [-0.2, -0.15) is 0 Å². The van der Waals surface area contributed by atoms with Crippen molar-refractivity contribution in [3.05, 3.63) is 115 Å². The third kappa shape index (κ3) is 4.07. The van der Waals surface area contributed by atoms with Crippen molar-refractivity contribution >= 4 is 29.1 Å². The summed E-state index contributed by atoms with van der Waals surface area (Å²) < 4.78 is 0. The molecule has 0 saturated heterocycles. The second kappa shape index (κ2) is 8.36. The topological polar surface area (TPSA) is 0 Å². The molecule has 0 bridgehead atoms. The van der Waals surface area contributed by atoms with Gasteiger partial charge in [-0.25, -0.2) is 0 Å². The van der Waals surface area contributed by atoms with E-state index in [-0.39, 0.29) is 0 Å². The summed E-state index contributed by atoms with van der Waals surface area (Å²) in [6.45, 7) is 0. The van der Waals surface area contributed by atoms with Crippen molar-refractivity contribution < 1.29 is 0 Å². The van der Waals surface area contributed by atoms with Gasteiger partial charge in [-0.05, 0) is 33.9 Å². The molecular weight excluding hydrogens is 351 g/mol. The lowest BCUT2D eigenvalue weighted by Crippen LogP contribution is -2.08. The molecule has 4 rings (SSSR count). The maximum absolute atomic E-state index is 2.24. The van der Waals surface area contributed by atoms with E-state index in [1.165, 1.54) is 26.6 Å². The van der Waals surface area contributed by atoms with E-state index in [1.807, 2.05) is 11.4 Å². The lowest BCUT2D eigenvalue weighted by molar-refractivity contribution is 1.47. The van der Waals surface area contributed by atoms with Gasteiger partial charge in [-0.1, -0.05) is 115 Å². The molecule has 0 fully saturated rings. The minimum Gasteiger partial charge on any atom is -0.0888 e. The van der Waals surface area contributed by atoms with Gasteiger partial charge in [0.25, 0.3) is 0 Å². The quantitative estimate of drug-likeness (QED) is 0.362. The van der Waals surface area contributed by atoms with E-state index in [9.17, 15) is 0 Å². The number of benzene rings is 4. The summed E-state index contributed by atoms with van der Waals surface area (Å²) >= 11 is 1.96. The predicted molar refractivity (Wildman–Crippen MR) is 117 cm³/mol. The van der Waals surface area contributed by atoms with E-state index >= 15 is 0 Å². The van der Waals surface area contributed by atoms with Crippen LogP contribution in [0.1, 0.15) is 0 Å². The molecule has 0 aliphatic heterocycles. The maximum Gasteiger partial charge on any atom is 0.0207 e. The number of hydrogen-bond acceptors (Lipinski definition) is 1. The van der Waals surface area contributed by atoms with E-state index < -0.39 is 7.12 Å². The third-order valence-corrected chi connectivity index (χ3v) is 8.78. The summed E-state index contributed by atoms with van der Waals surface area (Å²) in [5, 5.41) is 2.79. The Morgan fingerprint density at radius 1 is 0.423 bits per heavy atom. The Morgan fingerprint density at radius 2 is 0.846 bits per heavy atom. The summed E-state index contributed by atoms with van der Waals surface area (Å²) in [7, 11) is -0.474. The summed E-state index contributed by atoms with van der Waals surface area (Å²) in [4.78, 5) is 1.31. The summed E-state index contributed by atoms with van der Waals surface area (Å²) in [6.07, 6.45) is 0. The Bertz CT molecular complexity index is 896. The monoisotopic (exact) mass is 370 g/mol. The highest BCUT2D eigenvalue weighted by Gasteiger charge is 2.15. The maximum atomic E-state index is 2.24. The smallest absolute Gasteiger partial charge is 0.0207 e. The van der Waals surface area contributed by atoms with E-state index in [4.69, 9.17) is 0 Å². The van der Waals surface area contributed by atoms with Crippen LogP contribution in [0.4, 0.5) is 0 Å². The standard InChI is InChI=1S/C24H19PS/c1-4-10-20(11-5-1)21-16-18-24(19-17-21)26-25(22-12-6-2-7-13-22)23-14-8-3-9-15-23/h1-19H. The van der Waals surface area contributed by atoms with Gasteiger partial charge in [-0.15, -0.1) is 0 Å². The van der Waals surface area contributed by atoms with Crippen LogP contribution in [0.25, 0.3) is 11.1 Å². The van der Waals surface area contributed by atoms with Gasteiger partial charge < -0.3 is 0 Å². The molecule has 0 aliphatic carbocycles. The van der Waals surface area contributed by atoms with Crippen LogP contribution in [-0.2, 0) is 0 Å². The van der Waals surface area contributed by atoms with Crippen molar-refractivity contribution in [2.24, 2.45) is 0 Å². The lowest BCUT2D eigenvalue weighted by Gasteiger charge is -2.18. The molecule has 0 aliphatic rings. The van der Waals surface area contributed by atoms with Gasteiger partial charge in [0.15, 0.2) is 0 Å². The Kier molecular flexibility index (Phi) is 5.50. The fraction of sp³-hybridized carbons (Fsp3) is 0. The molecule has 0 unspecified atom stereocenters. The molecule has 0 aromatic heterocycles. The van der Waals surface area contributed by atoms with Gasteiger partial charge in [0.05, 0.1) is 0 Å². The van der Waals surface area contributed by atoms with Crippen molar-refractivity contribution in [1.82, 2.24) is 0 Å². The van der Waals surface area contributed by atoms with Crippen LogP contribution in [0, 0.1) is 0 Å². The second-order valence-corrected chi connectivity index (χ2v) is 9.87. The highest BCUT2D eigenvalue weighted by Crippen LogP contribution is 2.52. The summed E-state index contributed by atoms with van der Waals surface area (Å²) in [5.74, 6) is 0. The van der Waals surface area contributed by atoms with Crippen LogP contribution in [0.3, 0.4) is 0 Å². The molecule has 126 valence electrons. The van der Waals surface area contributed by atoms with Crippen molar-refractivity contribution in [3.8, 4) is 11.1 Å². The first-order chi connectivity index (χ1) is 12.9. The van der Waals surface area contributed by atoms with E-state index in [0.717, 1.165) is 0 Å². The van der Waals surface area contributed by atoms with Gasteiger partial charge in [-0.3, -0.25) is 0 Å². The van der Waals surface area contributed by atoms with Gasteiger partial charge in [0, 0.05) is 12.0 Å². The highest BCUT2D eigenvalue weighted by molar-refractivity contribution is 8.60. The molecule has 4 aromatic rings. The highest BCUT2D eigenvalue weighted by atomic mass is 32.7. The fourth-order valence-corrected chi connectivity index (χ4v) is 7.05. The minimum absolute atomic E-state index is 0.474. The van der Waals surface area contributed by atoms with Crippen LogP contribution in [0.2, 0.25) is 0 Å². The Labute approximate surface area is 160 Å². The first-order valence-corrected chi connectivity index (χ1v) is 11.4. The molecule has 0 heterocycles. The second-order valence-electron chi connectivity index (χ2n) is 5.95. The lowest BCUT2D eigenvalue weighted by atomic mass is 10.1. The summed E-state index contributed by atoms with van der Waals surface area (Å²) in [5.41, 5.74) is 2.52. The number of hydrogen-bond donors (Lipinski definition) is 0. The molecule has 4 aromatic carbocycles. The van der Waals surface area contributed by atoms with Crippen LogP contribution < -0.4 is 10.6 Å². The van der Waals surface area contributed by atoms with Crippen LogP contribution in [-0.4, -0.2) is 0 Å². The minimum atomic E-state index is -0.474. The predicted octanol–water partition coefficient (Wildman–Crippen LogP) is 6.49. The van der Waals surface area contributed by atoms with Crippen molar-refractivity contribution in [2.45, 2.75) is 4.90 Å². The molecule has 0 N–H and O–H groups in total. The van der Waals surface area contributed by atoms with Crippen molar-refractivity contribution in [1.29, 1.82) is 0 Å².